The van der Waals surface area contributed by atoms with Gasteiger partial charge < -0.3 is 9.64 Å². The summed E-state index contributed by atoms with van der Waals surface area (Å²) in [6, 6.07) is 30.2. The SMILES string of the molecule is Br.COc1cccc2c1C(c1cccc3ccccc13)c1ccccc1N2C. The van der Waals surface area contributed by atoms with E-state index in [-0.39, 0.29) is 22.9 Å². The molecule has 1 unspecified atom stereocenters. The van der Waals surface area contributed by atoms with Crippen LogP contribution in [0.1, 0.15) is 22.6 Å². The summed E-state index contributed by atoms with van der Waals surface area (Å²) in [6.45, 7) is 0. The Morgan fingerprint density at radius 3 is 2.21 bits per heavy atom. The van der Waals surface area contributed by atoms with Gasteiger partial charge in [0.15, 0.2) is 0 Å². The molecule has 3 heteroatoms. The molecule has 0 N–H and O–H groups in total. The van der Waals surface area contributed by atoms with Gasteiger partial charge in [-0.1, -0.05) is 66.7 Å². The Kier molecular flexibility index (Phi) is 4.86. The van der Waals surface area contributed by atoms with Crippen molar-refractivity contribution in [1.82, 2.24) is 0 Å². The molecule has 0 spiro atoms. The van der Waals surface area contributed by atoms with Crippen molar-refractivity contribution in [2.75, 3.05) is 19.1 Å². The molecule has 0 bridgehead atoms. The van der Waals surface area contributed by atoms with Crippen LogP contribution in [0.4, 0.5) is 11.4 Å². The van der Waals surface area contributed by atoms with Crippen LogP contribution in [0.3, 0.4) is 0 Å². The van der Waals surface area contributed by atoms with Crippen molar-refractivity contribution in [3.8, 4) is 5.75 Å². The maximum absolute atomic E-state index is 5.81. The molecule has 1 aliphatic heterocycles. The topological polar surface area (TPSA) is 12.5 Å². The van der Waals surface area contributed by atoms with Gasteiger partial charge in [0, 0.05) is 29.9 Å². The van der Waals surface area contributed by atoms with Crippen molar-refractivity contribution in [2.45, 2.75) is 5.92 Å². The molecule has 0 amide bonds. The maximum Gasteiger partial charge on any atom is 0.125 e. The monoisotopic (exact) mass is 431 g/mol. The molecule has 4 aromatic rings. The fourth-order valence-corrected chi connectivity index (χ4v) is 4.44. The highest BCUT2D eigenvalue weighted by Gasteiger charge is 2.33. The Bertz CT molecular complexity index is 1150. The van der Waals surface area contributed by atoms with Crippen LogP contribution in [-0.4, -0.2) is 14.2 Å². The molecular weight excluding hydrogens is 410 g/mol. The first kappa shape index (κ1) is 18.6. The van der Waals surface area contributed by atoms with Gasteiger partial charge in [0.05, 0.1) is 7.11 Å². The summed E-state index contributed by atoms with van der Waals surface area (Å²) in [7, 11) is 3.90. The zero-order valence-electron chi connectivity index (χ0n) is 15.9. The second-order valence-corrected chi connectivity index (χ2v) is 7.01. The molecule has 1 aliphatic rings. The number of benzene rings is 4. The van der Waals surface area contributed by atoms with E-state index < -0.39 is 0 Å². The summed E-state index contributed by atoms with van der Waals surface area (Å²) in [6.07, 6.45) is 0. The number of hydrogen-bond donors (Lipinski definition) is 0. The van der Waals surface area contributed by atoms with E-state index in [0.29, 0.717) is 0 Å². The van der Waals surface area contributed by atoms with Crippen LogP contribution in [0.5, 0.6) is 5.75 Å². The van der Waals surface area contributed by atoms with E-state index in [2.05, 4.69) is 96.9 Å². The lowest BCUT2D eigenvalue weighted by atomic mass is 9.78. The van der Waals surface area contributed by atoms with Gasteiger partial charge in [0.1, 0.15) is 5.75 Å². The number of halogens is 1. The summed E-state index contributed by atoms with van der Waals surface area (Å²) in [5.41, 5.74) is 6.31. The molecule has 28 heavy (non-hydrogen) atoms. The lowest BCUT2D eigenvalue weighted by Crippen LogP contribution is -2.23. The Morgan fingerprint density at radius 1 is 0.714 bits per heavy atom. The van der Waals surface area contributed by atoms with Gasteiger partial charge >= 0.3 is 0 Å². The van der Waals surface area contributed by atoms with Crippen molar-refractivity contribution in [3.63, 3.8) is 0 Å². The number of nitrogens with zero attached hydrogens (tertiary/aromatic N) is 1. The van der Waals surface area contributed by atoms with Crippen LogP contribution in [-0.2, 0) is 0 Å². The van der Waals surface area contributed by atoms with Gasteiger partial charge in [-0.25, -0.2) is 0 Å². The molecule has 1 heterocycles. The van der Waals surface area contributed by atoms with E-state index in [4.69, 9.17) is 4.74 Å². The highest BCUT2D eigenvalue weighted by atomic mass is 79.9. The molecule has 140 valence electrons. The Morgan fingerprint density at radius 2 is 1.36 bits per heavy atom. The van der Waals surface area contributed by atoms with E-state index >= 15 is 0 Å². The summed E-state index contributed by atoms with van der Waals surface area (Å²) in [4.78, 5) is 2.27. The number of methoxy groups -OCH3 is 1. The highest BCUT2D eigenvalue weighted by Crippen LogP contribution is 2.51. The first-order chi connectivity index (χ1) is 13.3. The van der Waals surface area contributed by atoms with Gasteiger partial charge in [-0.15, -0.1) is 17.0 Å². The average molecular weight is 432 g/mol. The number of rotatable bonds is 2. The Hall–Kier alpha value is -2.78. The normalized spacial score (nSPS) is 14.8. The van der Waals surface area contributed by atoms with E-state index in [1.807, 2.05) is 0 Å². The van der Waals surface area contributed by atoms with Crippen LogP contribution in [0, 0.1) is 0 Å². The largest absolute Gasteiger partial charge is 0.496 e. The molecule has 0 saturated carbocycles. The second kappa shape index (κ2) is 7.33. The fraction of sp³-hybridized carbons (Fsp3) is 0.120. The molecule has 0 saturated heterocycles. The number of hydrogen-bond acceptors (Lipinski definition) is 2. The minimum absolute atomic E-state index is 0. The van der Waals surface area contributed by atoms with Gasteiger partial charge in [-0.2, -0.15) is 0 Å². The minimum Gasteiger partial charge on any atom is -0.496 e. The number of anilines is 2. The van der Waals surface area contributed by atoms with Crippen LogP contribution in [0.15, 0.2) is 84.9 Å². The van der Waals surface area contributed by atoms with Gasteiger partial charge in [0.25, 0.3) is 0 Å². The third-order valence-electron chi connectivity index (χ3n) is 5.66. The van der Waals surface area contributed by atoms with Crippen LogP contribution in [0.2, 0.25) is 0 Å². The molecular formula is C25H22BrNO. The van der Waals surface area contributed by atoms with Crippen molar-refractivity contribution >= 4 is 39.1 Å². The molecule has 0 radical (unpaired) electrons. The zero-order valence-corrected chi connectivity index (χ0v) is 17.6. The van der Waals surface area contributed by atoms with Crippen LogP contribution >= 0.6 is 17.0 Å². The lowest BCUT2D eigenvalue weighted by molar-refractivity contribution is 0.409. The van der Waals surface area contributed by atoms with E-state index in [0.717, 1.165) is 5.75 Å². The third kappa shape index (κ3) is 2.70. The maximum atomic E-state index is 5.81. The summed E-state index contributed by atoms with van der Waals surface area (Å²) in [5.74, 6) is 1.07. The lowest BCUT2D eigenvalue weighted by Gasteiger charge is -2.37. The molecule has 0 fully saturated rings. The fourth-order valence-electron chi connectivity index (χ4n) is 4.44. The summed E-state index contributed by atoms with van der Waals surface area (Å²) < 4.78 is 5.81. The summed E-state index contributed by atoms with van der Waals surface area (Å²) >= 11 is 0. The molecule has 1 atom stereocenters. The second-order valence-electron chi connectivity index (χ2n) is 7.01. The van der Waals surface area contributed by atoms with Crippen molar-refractivity contribution in [1.29, 1.82) is 0 Å². The van der Waals surface area contributed by atoms with Gasteiger partial charge in [-0.05, 0) is 40.1 Å². The van der Waals surface area contributed by atoms with E-state index in [1.165, 1.54) is 38.8 Å². The smallest absolute Gasteiger partial charge is 0.125 e. The predicted molar refractivity (Wildman–Crippen MR) is 123 cm³/mol. The Labute approximate surface area is 176 Å². The summed E-state index contributed by atoms with van der Waals surface area (Å²) in [5, 5.41) is 2.56. The molecule has 5 rings (SSSR count). The minimum atomic E-state index is 0. The van der Waals surface area contributed by atoms with Crippen molar-refractivity contribution in [3.05, 3.63) is 102 Å². The van der Waals surface area contributed by atoms with Crippen LogP contribution in [0.25, 0.3) is 10.8 Å². The van der Waals surface area contributed by atoms with Gasteiger partial charge in [-0.3, -0.25) is 0 Å². The van der Waals surface area contributed by atoms with E-state index in [1.54, 1.807) is 7.11 Å². The number of fused-ring (bicyclic) bond motifs is 3. The third-order valence-corrected chi connectivity index (χ3v) is 5.66. The van der Waals surface area contributed by atoms with E-state index in [9.17, 15) is 0 Å². The predicted octanol–water partition coefficient (Wildman–Crippen LogP) is 6.69. The van der Waals surface area contributed by atoms with Crippen LogP contribution < -0.4 is 9.64 Å². The highest BCUT2D eigenvalue weighted by molar-refractivity contribution is 8.93. The quantitative estimate of drug-likeness (QED) is 0.350. The molecule has 4 aromatic carbocycles. The first-order valence-corrected chi connectivity index (χ1v) is 9.27. The van der Waals surface area contributed by atoms with Crippen molar-refractivity contribution < 1.29 is 4.74 Å². The zero-order chi connectivity index (χ0) is 18.4. The molecule has 0 aliphatic carbocycles. The number of para-hydroxylation sites is 1. The first-order valence-electron chi connectivity index (χ1n) is 9.27. The standard InChI is InChI=1S/C25H21NO.BrH/c1-26-21-14-6-5-12-20(21)24(25-22(26)15-8-16-23(25)27-2)19-13-7-10-17-9-3-4-11-18(17)19;/h3-16,24H,1-2H3;1H. The van der Waals surface area contributed by atoms with Gasteiger partial charge in [0.2, 0.25) is 0 Å². The molecule has 2 nitrogen and oxygen atoms in total. The van der Waals surface area contributed by atoms with Crippen molar-refractivity contribution in [2.24, 2.45) is 0 Å². The number of ether oxygens (including phenoxy) is 1. The Balaban J connectivity index is 0.00000192. The average Bonchev–Trinajstić information content (AvgIpc) is 2.74. The molecule has 0 aromatic heterocycles.